The van der Waals surface area contributed by atoms with Crippen LogP contribution in [0.25, 0.3) is 11.1 Å². The summed E-state index contributed by atoms with van der Waals surface area (Å²) in [4.78, 5) is 15.6. The van der Waals surface area contributed by atoms with Crippen molar-refractivity contribution in [2.45, 2.75) is 52.0 Å². The Hall–Kier alpha value is -3.09. The van der Waals surface area contributed by atoms with E-state index in [1.54, 1.807) is 28.9 Å². The number of benzene rings is 2. The van der Waals surface area contributed by atoms with E-state index in [1.807, 2.05) is 31.2 Å². The molecule has 3 rings (SSSR count). The molecule has 0 radical (unpaired) electrons. The first-order chi connectivity index (χ1) is 14.4. The third kappa shape index (κ3) is 4.72. The molecule has 0 unspecified atom stereocenters. The summed E-state index contributed by atoms with van der Waals surface area (Å²) < 4.78 is 29.7. The number of carbonyl (C=O) groups is 1. The smallest absolute Gasteiger partial charge is 0.336 e. The van der Waals surface area contributed by atoms with Crippen LogP contribution in [0.1, 0.15) is 60.7 Å². The van der Waals surface area contributed by atoms with Gasteiger partial charge in [0.05, 0.1) is 12.1 Å². The molecule has 158 valence electrons. The molecular formula is C23H25F2N3O2. The van der Waals surface area contributed by atoms with Gasteiger partial charge in [-0.05, 0) is 29.2 Å². The molecule has 1 heterocycles. The number of aromatic carboxylic acids is 1. The second kappa shape index (κ2) is 9.15. The highest BCUT2D eigenvalue weighted by atomic mass is 19.3. The van der Waals surface area contributed by atoms with Gasteiger partial charge in [-0.2, -0.15) is 8.78 Å². The summed E-state index contributed by atoms with van der Waals surface area (Å²) in [7, 11) is 0. The summed E-state index contributed by atoms with van der Waals surface area (Å²) >= 11 is 0. The van der Waals surface area contributed by atoms with Crippen LogP contribution >= 0.6 is 0 Å². The Kier molecular flexibility index (Phi) is 6.59. The zero-order valence-corrected chi connectivity index (χ0v) is 17.1. The summed E-state index contributed by atoms with van der Waals surface area (Å²) in [6, 6.07) is 14.2. The fourth-order valence-corrected chi connectivity index (χ4v) is 3.22. The first-order valence-electron chi connectivity index (χ1n) is 10.1. The maximum Gasteiger partial charge on any atom is 0.336 e. The van der Waals surface area contributed by atoms with E-state index in [4.69, 9.17) is 0 Å². The minimum atomic E-state index is -3.05. The molecule has 1 N–H and O–H groups in total. The molecule has 30 heavy (non-hydrogen) atoms. The van der Waals surface area contributed by atoms with Crippen molar-refractivity contribution >= 4 is 5.97 Å². The molecule has 0 spiro atoms. The third-order valence-corrected chi connectivity index (χ3v) is 5.03. The van der Waals surface area contributed by atoms with Crippen molar-refractivity contribution < 1.29 is 18.7 Å². The molecule has 0 saturated heterocycles. The zero-order valence-electron chi connectivity index (χ0n) is 17.1. The van der Waals surface area contributed by atoms with Crippen LogP contribution < -0.4 is 0 Å². The van der Waals surface area contributed by atoms with Gasteiger partial charge in [0.1, 0.15) is 5.82 Å². The number of rotatable bonds is 9. The quantitative estimate of drug-likeness (QED) is 0.500. The van der Waals surface area contributed by atoms with Crippen LogP contribution in [0.4, 0.5) is 8.78 Å². The molecule has 0 saturated carbocycles. The lowest BCUT2D eigenvalue weighted by molar-refractivity contribution is -0.0177. The molecule has 3 aromatic rings. The standard InChI is InChI=1S/C23H25F2N3O2/c1-3-5-10-20-26-22(23(24,25)4-2)27-28(20)15-16-11-13-17(14-12-16)18-8-6-7-9-19(18)21(29)30/h6-9,11-14H,3-5,10,15H2,1-2H3,(H,29,30). The summed E-state index contributed by atoms with van der Waals surface area (Å²) in [5, 5.41) is 13.5. The van der Waals surface area contributed by atoms with Crippen LogP contribution in [0.3, 0.4) is 0 Å². The Bertz CT molecular complexity index is 1010. The van der Waals surface area contributed by atoms with Crippen molar-refractivity contribution in [3.8, 4) is 11.1 Å². The molecule has 0 aliphatic rings. The lowest BCUT2D eigenvalue weighted by Gasteiger charge is -2.09. The van der Waals surface area contributed by atoms with Crippen LogP contribution in [-0.2, 0) is 18.9 Å². The van der Waals surface area contributed by atoms with Gasteiger partial charge < -0.3 is 5.11 Å². The highest BCUT2D eigenvalue weighted by Crippen LogP contribution is 2.29. The first-order valence-corrected chi connectivity index (χ1v) is 10.1. The van der Waals surface area contributed by atoms with Gasteiger partial charge in [0, 0.05) is 12.8 Å². The van der Waals surface area contributed by atoms with Crippen molar-refractivity contribution in [1.82, 2.24) is 14.8 Å². The molecule has 0 aliphatic heterocycles. The predicted octanol–water partition coefficient (Wildman–Crippen LogP) is 5.54. The Morgan fingerprint density at radius 2 is 1.80 bits per heavy atom. The fourth-order valence-electron chi connectivity index (χ4n) is 3.22. The highest BCUT2D eigenvalue weighted by Gasteiger charge is 2.35. The molecule has 5 nitrogen and oxygen atoms in total. The van der Waals surface area contributed by atoms with E-state index >= 15 is 0 Å². The Labute approximate surface area is 174 Å². The van der Waals surface area contributed by atoms with Gasteiger partial charge >= 0.3 is 11.9 Å². The van der Waals surface area contributed by atoms with Gasteiger partial charge in [-0.25, -0.2) is 14.5 Å². The summed E-state index contributed by atoms with van der Waals surface area (Å²) in [6.07, 6.45) is 2.03. The first kappa shape index (κ1) is 21.6. The second-order valence-corrected chi connectivity index (χ2v) is 7.22. The molecular weight excluding hydrogens is 388 g/mol. The maximum absolute atomic E-state index is 14.1. The number of halogens is 2. The van der Waals surface area contributed by atoms with E-state index in [9.17, 15) is 18.7 Å². The van der Waals surface area contributed by atoms with Crippen molar-refractivity contribution in [2.75, 3.05) is 0 Å². The average Bonchev–Trinajstić information content (AvgIpc) is 3.16. The molecule has 0 amide bonds. The number of unbranched alkanes of at least 4 members (excludes halogenated alkanes) is 1. The van der Waals surface area contributed by atoms with Crippen molar-refractivity contribution in [2.24, 2.45) is 0 Å². The molecule has 1 aromatic heterocycles. The van der Waals surface area contributed by atoms with Crippen molar-refractivity contribution in [3.05, 3.63) is 71.3 Å². The molecule has 0 bridgehead atoms. The third-order valence-electron chi connectivity index (χ3n) is 5.03. The maximum atomic E-state index is 14.1. The number of alkyl halides is 2. The largest absolute Gasteiger partial charge is 0.478 e. The summed E-state index contributed by atoms with van der Waals surface area (Å²) in [5.41, 5.74) is 2.51. The van der Waals surface area contributed by atoms with Gasteiger partial charge in [0.2, 0.25) is 5.82 Å². The number of aromatic nitrogens is 3. The summed E-state index contributed by atoms with van der Waals surface area (Å²) in [6.45, 7) is 3.78. The van der Waals surface area contributed by atoms with E-state index in [1.165, 1.54) is 6.92 Å². The highest BCUT2D eigenvalue weighted by molar-refractivity contribution is 5.95. The molecule has 7 heteroatoms. The number of hydrogen-bond donors (Lipinski definition) is 1. The second-order valence-electron chi connectivity index (χ2n) is 7.22. The normalized spacial score (nSPS) is 11.6. The zero-order chi connectivity index (χ0) is 21.7. The van der Waals surface area contributed by atoms with Crippen LogP contribution in [0.15, 0.2) is 48.5 Å². The van der Waals surface area contributed by atoms with Crippen LogP contribution in [0, 0.1) is 0 Å². The molecule has 0 aliphatic carbocycles. The Morgan fingerprint density at radius 3 is 2.43 bits per heavy atom. The number of nitrogens with zero attached hydrogens (tertiary/aromatic N) is 3. The predicted molar refractivity (Wildman–Crippen MR) is 111 cm³/mol. The number of carboxylic acid groups (broad SMARTS) is 1. The van der Waals surface area contributed by atoms with Crippen LogP contribution in [0.2, 0.25) is 0 Å². The van der Waals surface area contributed by atoms with Gasteiger partial charge in [0.15, 0.2) is 0 Å². The fraction of sp³-hybridized carbons (Fsp3) is 0.348. The topological polar surface area (TPSA) is 68.0 Å². The van der Waals surface area contributed by atoms with Gasteiger partial charge in [-0.1, -0.05) is 62.7 Å². The van der Waals surface area contributed by atoms with Gasteiger partial charge in [-0.15, -0.1) is 5.10 Å². The van der Waals surface area contributed by atoms with Crippen LogP contribution in [0.5, 0.6) is 0 Å². The number of hydrogen-bond acceptors (Lipinski definition) is 3. The van der Waals surface area contributed by atoms with E-state index in [0.717, 1.165) is 24.0 Å². The van der Waals surface area contributed by atoms with Crippen LogP contribution in [-0.4, -0.2) is 25.8 Å². The van der Waals surface area contributed by atoms with Gasteiger partial charge in [0.25, 0.3) is 0 Å². The molecule has 0 atom stereocenters. The lowest BCUT2D eigenvalue weighted by atomic mass is 9.99. The summed E-state index contributed by atoms with van der Waals surface area (Å²) in [5.74, 6) is -3.90. The monoisotopic (exact) mass is 413 g/mol. The van der Waals surface area contributed by atoms with Crippen molar-refractivity contribution in [3.63, 3.8) is 0 Å². The van der Waals surface area contributed by atoms with E-state index < -0.39 is 17.7 Å². The average molecular weight is 413 g/mol. The molecule has 2 aromatic carbocycles. The Balaban J connectivity index is 1.87. The minimum Gasteiger partial charge on any atom is -0.478 e. The lowest BCUT2D eigenvalue weighted by Crippen LogP contribution is -2.14. The number of aryl methyl sites for hydroxylation is 1. The van der Waals surface area contributed by atoms with E-state index in [2.05, 4.69) is 10.1 Å². The molecule has 0 fully saturated rings. The van der Waals surface area contributed by atoms with Crippen molar-refractivity contribution in [1.29, 1.82) is 0 Å². The van der Waals surface area contributed by atoms with E-state index in [0.29, 0.717) is 24.4 Å². The SMILES string of the molecule is CCCCc1nc(C(F)(F)CC)nn1Cc1ccc(-c2ccccc2C(=O)O)cc1. The Morgan fingerprint density at radius 1 is 1.10 bits per heavy atom. The minimum absolute atomic E-state index is 0.231. The van der Waals surface area contributed by atoms with Gasteiger partial charge in [-0.3, -0.25) is 0 Å². The van der Waals surface area contributed by atoms with E-state index in [-0.39, 0.29) is 12.0 Å². The number of carboxylic acids is 1.